The second-order valence-corrected chi connectivity index (χ2v) is 9.05. The van der Waals surface area contributed by atoms with Gasteiger partial charge in [-0.1, -0.05) is 6.92 Å². The van der Waals surface area contributed by atoms with Gasteiger partial charge < -0.3 is 14.5 Å². The summed E-state index contributed by atoms with van der Waals surface area (Å²) in [6.07, 6.45) is 4.90. The summed E-state index contributed by atoms with van der Waals surface area (Å²) < 4.78 is 5.34. The van der Waals surface area contributed by atoms with Crippen molar-refractivity contribution < 1.29 is 14.3 Å². The van der Waals surface area contributed by atoms with Gasteiger partial charge in [-0.3, -0.25) is 9.59 Å². The number of carbonyl (C=O) groups excluding carboxylic acids is 2. The van der Waals surface area contributed by atoms with Crippen molar-refractivity contribution in [3.05, 3.63) is 21.4 Å². The molecule has 3 aliphatic rings. The minimum absolute atomic E-state index is 0.0943. The van der Waals surface area contributed by atoms with Gasteiger partial charge in [-0.2, -0.15) is 0 Å². The Morgan fingerprint density at radius 2 is 1.81 bits per heavy atom. The van der Waals surface area contributed by atoms with Crippen LogP contribution in [0.5, 0.6) is 0 Å². The molecule has 142 valence electrons. The van der Waals surface area contributed by atoms with Crippen LogP contribution in [0.15, 0.2) is 6.07 Å². The zero-order chi connectivity index (χ0) is 18.1. The Hall–Kier alpha value is -1.40. The van der Waals surface area contributed by atoms with Crippen LogP contribution in [-0.2, 0) is 22.4 Å². The van der Waals surface area contributed by atoms with E-state index < -0.39 is 0 Å². The number of nitrogens with zero attached hydrogens (tertiary/aromatic N) is 2. The molecule has 5 nitrogen and oxygen atoms in total. The molecule has 0 spiro atoms. The highest BCUT2D eigenvalue weighted by atomic mass is 32.1. The molecule has 1 atom stereocenters. The lowest BCUT2D eigenvalue weighted by molar-refractivity contribution is -0.137. The number of amides is 2. The van der Waals surface area contributed by atoms with E-state index >= 15 is 0 Å². The van der Waals surface area contributed by atoms with Crippen molar-refractivity contribution in [2.24, 2.45) is 11.8 Å². The smallest absolute Gasteiger partial charge is 0.264 e. The Kier molecular flexibility index (Phi) is 5.32. The van der Waals surface area contributed by atoms with Crippen molar-refractivity contribution in [3.63, 3.8) is 0 Å². The first-order chi connectivity index (χ1) is 12.6. The number of morpholine rings is 1. The highest BCUT2D eigenvalue weighted by Crippen LogP contribution is 2.34. The number of thiophene rings is 1. The fourth-order valence-electron chi connectivity index (χ4n) is 4.25. The van der Waals surface area contributed by atoms with Crippen molar-refractivity contribution in [1.82, 2.24) is 9.80 Å². The third kappa shape index (κ3) is 3.67. The summed E-state index contributed by atoms with van der Waals surface area (Å²) in [4.78, 5) is 31.7. The van der Waals surface area contributed by atoms with Crippen molar-refractivity contribution in [2.75, 3.05) is 39.4 Å². The zero-order valence-electron chi connectivity index (χ0n) is 15.5. The minimum Gasteiger partial charge on any atom is -0.378 e. The molecule has 26 heavy (non-hydrogen) atoms. The Balaban J connectivity index is 1.41. The molecule has 6 heteroatoms. The van der Waals surface area contributed by atoms with Gasteiger partial charge in [-0.25, -0.2) is 0 Å². The lowest BCUT2D eigenvalue weighted by Crippen LogP contribution is -2.42. The van der Waals surface area contributed by atoms with Crippen LogP contribution in [0.1, 0.15) is 46.3 Å². The summed E-state index contributed by atoms with van der Waals surface area (Å²) in [5, 5.41) is 0. The van der Waals surface area contributed by atoms with Crippen LogP contribution in [0.25, 0.3) is 0 Å². The largest absolute Gasteiger partial charge is 0.378 e. The molecule has 4 rings (SSSR count). The molecule has 1 aromatic heterocycles. The maximum Gasteiger partial charge on any atom is 0.264 e. The number of aryl methyl sites for hydroxylation is 1. The summed E-state index contributed by atoms with van der Waals surface area (Å²) in [6, 6.07) is 2.05. The molecule has 0 bridgehead atoms. The maximum atomic E-state index is 12.9. The van der Waals surface area contributed by atoms with Gasteiger partial charge in [-0.15, -0.1) is 11.3 Å². The number of ether oxygens (including phenoxy) is 1. The van der Waals surface area contributed by atoms with Gasteiger partial charge in [0.2, 0.25) is 5.91 Å². The summed E-state index contributed by atoms with van der Waals surface area (Å²) in [5.41, 5.74) is 1.22. The highest BCUT2D eigenvalue weighted by Gasteiger charge is 2.32. The fourth-order valence-corrected chi connectivity index (χ4v) is 5.43. The molecule has 2 aliphatic heterocycles. The molecule has 2 fully saturated rings. The standard InChI is InChI=1S/C20H28N2O3S/c1-14-4-6-21(7-5-14)19(23)15-2-3-17-16(12-15)13-18(26-17)20(24)22-8-10-25-11-9-22/h13-15H,2-12H2,1H3/t15-/m1/s1. The van der Waals surface area contributed by atoms with E-state index in [1.165, 1.54) is 10.4 Å². The Labute approximate surface area is 159 Å². The van der Waals surface area contributed by atoms with Gasteiger partial charge >= 0.3 is 0 Å². The van der Waals surface area contributed by atoms with Gasteiger partial charge in [0.1, 0.15) is 0 Å². The van der Waals surface area contributed by atoms with Gasteiger partial charge in [0.05, 0.1) is 18.1 Å². The van der Waals surface area contributed by atoms with Crippen LogP contribution >= 0.6 is 11.3 Å². The first-order valence-corrected chi connectivity index (χ1v) is 10.7. The first-order valence-electron chi connectivity index (χ1n) is 9.89. The molecule has 0 aromatic carbocycles. The van der Waals surface area contributed by atoms with E-state index in [0.717, 1.165) is 56.0 Å². The van der Waals surface area contributed by atoms with E-state index in [2.05, 4.69) is 17.9 Å². The first kappa shape index (κ1) is 18.0. The number of fused-ring (bicyclic) bond motifs is 1. The van der Waals surface area contributed by atoms with Crippen LogP contribution in [0.2, 0.25) is 0 Å². The molecule has 0 N–H and O–H groups in total. The highest BCUT2D eigenvalue weighted by molar-refractivity contribution is 7.14. The van der Waals surface area contributed by atoms with Crippen molar-refractivity contribution in [2.45, 2.75) is 39.0 Å². The van der Waals surface area contributed by atoms with Crippen molar-refractivity contribution >= 4 is 23.2 Å². The van der Waals surface area contributed by atoms with E-state index in [0.29, 0.717) is 32.2 Å². The van der Waals surface area contributed by atoms with E-state index in [4.69, 9.17) is 4.74 Å². The van der Waals surface area contributed by atoms with Gasteiger partial charge in [0.15, 0.2) is 0 Å². The third-order valence-corrected chi connectivity index (χ3v) is 7.26. The van der Waals surface area contributed by atoms with Crippen LogP contribution in [0, 0.1) is 11.8 Å². The Bertz CT molecular complexity index is 673. The number of hydrogen-bond acceptors (Lipinski definition) is 4. The molecular weight excluding hydrogens is 348 g/mol. The number of carbonyl (C=O) groups is 2. The average molecular weight is 377 g/mol. The topological polar surface area (TPSA) is 49.9 Å². The number of hydrogen-bond donors (Lipinski definition) is 0. The third-order valence-electron chi connectivity index (χ3n) is 6.04. The second kappa shape index (κ2) is 7.69. The molecule has 0 saturated carbocycles. The van der Waals surface area contributed by atoms with Gasteiger partial charge in [0, 0.05) is 37.0 Å². The Morgan fingerprint density at radius 3 is 2.54 bits per heavy atom. The molecular formula is C20H28N2O3S. The molecule has 2 saturated heterocycles. The zero-order valence-corrected chi connectivity index (χ0v) is 16.4. The predicted molar refractivity (Wildman–Crippen MR) is 102 cm³/mol. The van der Waals surface area contributed by atoms with E-state index in [1.807, 2.05) is 4.90 Å². The van der Waals surface area contributed by atoms with Crippen molar-refractivity contribution in [3.8, 4) is 0 Å². The van der Waals surface area contributed by atoms with Crippen molar-refractivity contribution in [1.29, 1.82) is 0 Å². The second-order valence-electron chi connectivity index (χ2n) is 7.91. The average Bonchev–Trinajstić information content (AvgIpc) is 3.11. The minimum atomic E-state index is 0.0943. The summed E-state index contributed by atoms with van der Waals surface area (Å²) in [7, 11) is 0. The van der Waals surface area contributed by atoms with Crippen LogP contribution in [-0.4, -0.2) is 61.0 Å². The van der Waals surface area contributed by atoms with E-state index in [-0.39, 0.29) is 11.8 Å². The molecule has 1 aliphatic carbocycles. The number of likely N-dealkylation sites (tertiary alicyclic amines) is 1. The molecule has 2 amide bonds. The Morgan fingerprint density at radius 1 is 1.08 bits per heavy atom. The van der Waals surface area contributed by atoms with E-state index in [9.17, 15) is 9.59 Å². The van der Waals surface area contributed by atoms with Crippen LogP contribution in [0.3, 0.4) is 0 Å². The lowest BCUT2D eigenvalue weighted by atomic mass is 9.86. The van der Waals surface area contributed by atoms with E-state index in [1.54, 1.807) is 11.3 Å². The fraction of sp³-hybridized carbons (Fsp3) is 0.700. The predicted octanol–water partition coefficient (Wildman–Crippen LogP) is 2.58. The molecule has 0 radical (unpaired) electrons. The summed E-state index contributed by atoms with van der Waals surface area (Å²) in [5.74, 6) is 1.29. The monoisotopic (exact) mass is 376 g/mol. The van der Waals surface area contributed by atoms with Gasteiger partial charge in [0.25, 0.3) is 5.91 Å². The SMILES string of the molecule is CC1CCN(C(=O)[C@@H]2CCc3sc(C(=O)N4CCOCC4)cc3C2)CC1. The summed E-state index contributed by atoms with van der Waals surface area (Å²) in [6.45, 7) is 6.70. The molecule has 0 unspecified atom stereocenters. The molecule has 3 heterocycles. The number of rotatable bonds is 2. The van der Waals surface area contributed by atoms with Crippen LogP contribution < -0.4 is 0 Å². The van der Waals surface area contributed by atoms with Crippen LogP contribution in [0.4, 0.5) is 0 Å². The maximum absolute atomic E-state index is 12.9. The summed E-state index contributed by atoms with van der Waals surface area (Å²) >= 11 is 1.63. The normalized spacial score (nSPS) is 24.4. The van der Waals surface area contributed by atoms with Gasteiger partial charge in [-0.05, 0) is 49.7 Å². The lowest BCUT2D eigenvalue weighted by Gasteiger charge is -2.34. The molecule has 1 aromatic rings. The number of piperidine rings is 1. The quantitative estimate of drug-likeness (QED) is 0.797.